The third-order valence-corrected chi connectivity index (χ3v) is 5.90. The number of hydrogen-bond acceptors (Lipinski definition) is 4. The van der Waals surface area contributed by atoms with Gasteiger partial charge in [0.25, 0.3) is 0 Å². The van der Waals surface area contributed by atoms with E-state index in [-0.39, 0.29) is 12.1 Å². The van der Waals surface area contributed by atoms with Crippen LogP contribution in [0.2, 0.25) is 0 Å². The van der Waals surface area contributed by atoms with Gasteiger partial charge < -0.3 is 4.90 Å². The van der Waals surface area contributed by atoms with Gasteiger partial charge in [0.1, 0.15) is 0 Å². The first-order valence-corrected chi connectivity index (χ1v) is 9.57. The molecule has 0 radical (unpaired) electrons. The van der Waals surface area contributed by atoms with Crippen LogP contribution in [-0.2, 0) is 21.0 Å². The molecule has 6 nitrogen and oxygen atoms in total. The Bertz CT molecular complexity index is 767. The van der Waals surface area contributed by atoms with Gasteiger partial charge in [-0.2, -0.15) is 13.2 Å². The highest BCUT2D eigenvalue weighted by atomic mass is 32.2. The highest BCUT2D eigenvalue weighted by molar-refractivity contribution is 7.89. The van der Waals surface area contributed by atoms with Crippen molar-refractivity contribution in [2.45, 2.75) is 37.0 Å². The third kappa shape index (κ3) is 4.74. The van der Waals surface area contributed by atoms with E-state index in [2.05, 4.69) is 9.62 Å². The first-order chi connectivity index (χ1) is 11.9. The highest BCUT2D eigenvalue weighted by Crippen LogP contribution is 2.30. The van der Waals surface area contributed by atoms with Crippen LogP contribution >= 0.6 is 0 Å². The predicted molar refractivity (Wildman–Crippen MR) is 89.9 cm³/mol. The van der Waals surface area contributed by atoms with Crippen molar-refractivity contribution >= 4 is 15.9 Å². The summed E-state index contributed by atoms with van der Waals surface area (Å²) in [4.78, 5) is 15.5. The van der Waals surface area contributed by atoms with Crippen molar-refractivity contribution in [3.05, 3.63) is 29.8 Å². The molecule has 1 aromatic rings. The van der Waals surface area contributed by atoms with Crippen LogP contribution in [-0.4, -0.2) is 62.9 Å². The highest BCUT2D eigenvalue weighted by Gasteiger charge is 2.33. The molecule has 146 valence electrons. The summed E-state index contributed by atoms with van der Waals surface area (Å²) in [6.07, 6.45) is -4.65. The molecule has 2 rings (SSSR count). The fourth-order valence-electron chi connectivity index (χ4n) is 2.83. The number of carbonyl (C=O) groups is 1. The maximum Gasteiger partial charge on any atom is 0.416 e. The molecule has 1 saturated heterocycles. The molecule has 1 N–H and O–H groups in total. The van der Waals surface area contributed by atoms with Crippen LogP contribution in [0.15, 0.2) is 29.2 Å². The summed E-state index contributed by atoms with van der Waals surface area (Å²) in [7, 11) is -2.28. The Morgan fingerprint density at radius 3 is 2.50 bits per heavy atom. The van der Waals surface area contributed by atoms with E-state index in [1.807, 2.05) is 20.9 Å². The van der Waals surface area contributed by atoms with Crippen molar-refractivity contribution in [2.75, 3.05) is 26.7 Å². The molecule has 10 heteroatoms. The lowest BCUT2D eigenvalue weighted by molar-refractivity contribution is -0.138. The van der Waals surface area contributed by atoms with Gasteiger partial charge in [-0.15, -0.1) is 0 Å². The second kappa shape index (κ2) is 7.53. The number of nitrogens with zero attached hydrogens (tertiary/aromatic N) is 2. The Morgan fingerprint density at radius 2 is 1.88 bits per heavy atom. The van der Waals surface area contributed by atoms with Crippen LogP contribution in [0.1, 0.15) is 19.4 Å². The number of nitrogens with one attached hydrogen (secondary N) is 1. The molecule has 1 aromatic carbocycles. The zero-order valence-corrected chi connectivity index (χ0v) is 15.6. The summed E-state index contributed by atoms with van der Waals surface area (Å²) < 4.78 is 64.8. The minimum Gasteiger partial charge on any atom is -0.336 e. The maximum atomic E-state index is 12.7. The van der Waals surface area contributed by atoms with Crippen molar-refractivity contribution in [1.29, 1.82) is 0 Å². The summed E-state index contributed by atoms with van der Waals surface area (Å²) in [5.41, 5.74) is -1.06. The van der Waals surface area contributed by atoms with Gasteiger partial charge in [0.05, 0.1) is 17.0 Å². The fourth-order valence-corrected chi connectivity index (χ4v) is 3.85. The van der Waals surface area contributed by atoms with Crippen LogP contribution in [0.4, 0.5) is 13.2 Å². The molecule has 0 spiro atoms. The molecular weight excluding hydrogens is 371 g/mol. The molecule has 1 amide bonds. The normalized spacial score (nSPS) is 22.5. The van der Waals surface area contributed by atoms with Gasteiger partial charge in [-0.1, -0.05) is 6.07 Å². The lowest BCUT2D eigenvalue weighted by Gasteiger charge is -2.42. The molecule has 2 atom stereocenters. The van der Waals surface area contributed by atoms with E-state index in [9.17, 15) is 26.4 Å². The molecule has 0 bridgehead atoms. The van der Waals surface area contributed by atoms with Crippen LogP contribution in [0, 0.1) is 0 Å². The molecule has 26 heavy (non-hydrogen) atoms. The van der Waals surface area contributed by atoms with Crippen molar-refractivity contribution in [3.63, 3.8) is 0 Å². The first kappa shape index (κ1) is 20.7. The first-order valence-electron chi connectivity index (χ1n) is 8.08. The Labute approximate surface area is 151 Å². The van der Waals surface area contributed by atoms with E-state index < -0.39 is 39.1 Å². The van der Waals surface area contributed by atoms with Gasteiger partial charge in [0.2, 0.25) is 15.9 Å². The van der Waals surface area contributed by atoms with Gasteiger partial charge in [0, 0.05) is 25.2 Å². The van der Waals surface area contributed by atoms with Gasteiger partial charge in [0.15, 0.2) is 0 Å². The van der Waals surface area contributed by atoms with Crippen molar-refractivity contribution in [2.24, 2.45) is 0 Å². The van der Waals surface area contributed by atoms with Gasteiger partial charge >= 0.3 is 6.18 Å². The van der Waals surface area contributed by atoms with E-state index in [1.54, 1.807) is 4.90 Å². The zero-order chi connectivity index (χ0) is 19.7. The number of alkyl halides is 3. The summed E-state index contributed by atoms with van der Waals surface area (Å²) >= 11 is 0. The average Bonchev–Trinajstić information content (AvgIpc) is 2.55. The van der Waals surface area contributed by atoms with Crippen molar-refractivity contribution in [1.82, 2.24) is 14.5 Å². The van der Waals surface area contributed by atoms with E-state index in [1.165, 1.54) is 0 Å². The molecule has 0 saturated carbocycles. The number of benzene rings is 1. The third-order valence-electron chi connectivity index (χ3n) is 4.50. The Kier molecular flexibility index (Phi) is 5.99. The number of likely N-dealkylation sites (N-methyl/N-ethyl adjacent to an activating group) is 1. The topological polar surface area (TPSA) is 69.7 Å². The molecule has 1 aliphatic heterocycles. The second-order valence-corrected chi connectivity index (χ2v) is 8.30. The number of halogens is 3. The Morgan fingerprint density at radius 1 is 1.23 bits per heavy atom. The quantitative estimate of drug-likeness (QED) is 0.843. The van der Waals surface area contributed by atoms with Crippen LogP contribution < -0.4 is 4.72 Å². The summed E-state index contributed by atoms with van der Waals surface area (Å²) in [6, 6.07) is 3.47. The number of hydrogen-bond donors (Lipinski definition) is 1. The molecule has 1 aliphatic rings. The minimum absolute atomic E-state index is 0.0817. The molecule has 0 unspecified atom stereocenters. The lowest BCUT2D eigenvalue weighted by Crippen LogP contribution is -2.58. The standard InChI is InChI=1S/C16H22F3N3O3S/c1-11-10-22(12(2)9-21(11)3)15(23)8-20-26(24,25)14-6-4-5-13(7-14)16(17,18)19/h4-7,11-12,20H,8-10H2,1-3H3/t11-,12-/m1/s1. The minimum atomic E-state index is -4.65. The van der Waals surface area contributed by atoms with Gasteiger partial charge in [-0.25, -0.2) is 13.1 Å². The van der Waals surface area contributed by atoms with Crippen LogP contribution in [0.5, 0.6) is 0 Å². The van der Waals surface area contributed by atoms with E-state index in [4.69, 9.17) is 0 Å². The molecule has 1 heterocycles. The summed E-state index contributed by atoms with van der Waals surface area (Å²) in [6.45, 7) is 4.44. The number of amides is 1. The predicted octanol–water partition coefficient (Wildman–Crippen LogP) is 1.53. The fraction of sp³-hybridized carbons (Fsp3) is 0.562. The van der Waals surface area contributed by atoms with E-state index in [0.29, 0.717) is 19.2 Å². The van der Waals surface area contributed by atoms with Crippen molar-refractivity contribution < 1.29 is 26.4 Å². The molecular formula is C16H22F3N3O3S. The second-order valence-electron chi connectivity index (χ2n) is 6.53. The van der Waals surface area contributed by atoms with Crippen LogP contribution in [0.3, 0.4) is 0 Å². The smallest absolute Gasteiger partial charge is 0.336 e. The van der Waals surface area contributed by atoms with E-state index in [0.717, 1.165) is 18.2 Å². The SMILES string of the molecule is C[C@@H]1CN(C(=O)CNS(=O)(=O)c2cccc(C(F)(F)F)c2)[C@H](C)CN1C. The number of carbonyl (C=O) groups excluding carboxylic acids is 1. The zero-order valence-electron chi connectivity index (χ0n) is 14.7. The van der Waals surface area contributed by atoms with Gasteiger partial charge in [-0.3, -0.25) is 9.69 Å². The number of sulfonamides is 1. The largest absolute Gasteiger partial charge is 0.416 e. The molecule has 1 fully saturated rings. The Hall–Kier alpha value is -1.65. The molecule has 0 aliphatic carbocycles. The van der Waals surface area contributed by atoms with Crippen LogP contribution in [0.25, 0.3) is 0 Å². The number of rotatable bonds is 4. The van der Waals surface area contributed by atoms with E-state index >= 15 is 0 Å². The van der Waals surface area contributed by atoms with Crippen molar-refractivity contribution in [3.8, 4) is 0 Å². The lowest BCUT2D eigenvalue weighted by atomic mass is 10.1. The van der Waals surface area contributed by atoms with Gasteiger partial charge in [-0.05, 0) is 39.1 Å². The Balaban J connectivity index is 2.07. The number of piperazine rings is 1. The average molecular weight is 393 g/mol. The maximum absolute atomic E-state index is 12.7. The molecule has 0 aromatic heterocycles. The monoisotopic (exact) mass is 393 g/mol. The summed E-state index contributed by atoms with van der Waals surface area (Å²) in [5, 5.41) is 0. The summed E-state index contributed by atoms with van der Waals surface area (Å²) in [5.74, 6) is -0.409.